The first-order valence-electron chi connectivity index (χ1n) is 5.61. The molecule has 3 nitrogen and oxygen atoms in total. The van der Waals surface area contributed by atoms with Crippen molar-refractivity contribution in [1.29, 1.82) is 5.26 Å². The number of hydrogen-bond donors (Lipinski definition) is 1. The van der Waals surface area contributed by atoms with Crippen LogP contribution in [-0.4, -0.2) is 12.4 Å². The van der Waals surface area contributed by atoms with E-state index in [0.29, 0.717) is 5.56 Å². The van der Waals surface area contributed by atoms with Gasteiger partial charge in [-0.15, -0.1) is 0 Å². The van der Waals surface area contributed by atoms with Crippen molar-refractivity contribution in [3.8, 4) is 6.07 Å². The number of anilines is 1. The summed E-state index contributed by atoms with van der Waals surface area (Å²) in [5, 5.41) is 12.2. The normalized spacial score (nSPS) is 15.1. The van der Waals surface area contributed by atoms with Gasteiger partial charge in [-0.1, -0.05) is 6.07 Å². The molecule has 0 bridgehead atoms. The molecule has 16 heavy (non-hydrogen) atoms. The van der Waals surface area contributed by atoms with Crippen LogP contribution in [0.15, 0.2) is 23.2 Å². The minimum absolute atomic E-state index is 0.685. The third kappa shape index (κ3) is 2.40. The molecule has 1 aromatic rings. The number of nitriles is 1. The zero-order valence-electron chi connectivity index (χ0n) is 9.45. The van der Waals surface area contributed by atoms with Crippen LogP contribution in [-0.2, 0) is 0 Å². The van der Waals surface area contributed by atoms with E-state index in [1.807, 2.05) is 25.1 Å². The molecule has 0 aromatic heterocycles. The number of rotatable bonds is 1. The van der Waals surface area contributed by atoms with E-state index in [-0.39, 0.29) is 0 Å². The van der Waals surface area contributed by atoms with E-state index in [9.17, 15) is 0 Å². The molecular formula is C13H15N3. The predicted octanol–water partition coefficient (Wildman–Crippen LogP) is 2.86. The lowest BCUT2D eigenvalue weighted by Crippen LogP contribution is -2.16. The number of nitrogens with one attached hydrogen (secondary N) is 1. The van der Waals surface area contributed by atoms with Gasteiger partial charge in [0.2, 0.25) is 0 Å². The second-order valence-corrected chi connectivity index (χ2v) is 4.05. The van der Waals surface area contributed by atoms with E-state index in [4.69, 9.17) is 5.26 Å². The number of aliphatic imine (C=N–C) groups is 1. The van der Waals surface area contributed by atoms with Gasteiger partial charge in [-0.3, -0.25) is 4.99 Å². The molecule has 3 heteroatoms. The van der Waals surface area contributed by atoms with Gasteiger partial charge in [0, 0.05) is 18.7 Å². The lowest BCUT2D eigenvalue weighted by atomic mass is 10.1. The molecule has 0 saturated carbocycles. The van der Waals surface area contributed by atoms with E-state index in [2.05, 4.69) is 16.4 Å². The molecule has 1 N–H and O–H groups in total. The first kappa shape index (κ1) is 10.7. The number of benzene rings is 1. The Morgan fingerprint density at radius 3 is 2.94 bits per heavy atom. The van der Waals surface area contributed by atoms with Gasteiger partial charge < -0.3 is 5.32 Å². The van der Waals surface area contributed by atoms with Crippen molar-refractivity contribution in [2.45, 2.75) is 26.2 Å². The Bertz CT molecular complexity index is 455. The average molecular weight is 213 g/mol. The summed E-state index contributed by atoms with van der Waals surface area (Å²) in [6.45, 7) is 2.95. The summed E-state index contributed by atoms with van der Waals surface area (Å²) in [5.74, 6) is 1.05. The highest BCUT2D eigenvalue weighted by Gasteiger charge is 2.07. The van der Waals surface area contributed by atoms with Gasteiger partial charge in [-0.05, 0) is 37.5 Å². The molecule has 0 saturated heterocycles. The van der Waals surface area contributed by atoms with Crippen molar-refractivity contribution in [2.75, 3.05) is 11.9 Å². The number of nitrogens with zero attached hydrogens (tertiary/aromatic N) is 2. The van der Waals surface area contributed by atoms with Crippen molar-refractivity contribution >= 4 is 11.5 Å². The van der Waals surface area contributed by atoms with Crippen LogP contribution in [0.25, 0.3) is 0 Å². The molecule has 0 spiro atoms. The minimum Gasteiger partial charge on any atom is -0.344 e. The second-order valence-electron chi connectivity index (χ2n) is 4.05. The van der Waals surface area contributed by atoms with E-state index in [0.717, 1.165) is 30.1 Å². The minimum atomic E-state index is 0.685. The molecule has 0 atom stereocenters. The van der Waals surface area contributed by atoms with Gasteiger partial charge in [0.15, 0.2) is 0 Å². The monoisotopic (exact) mass is 213 g/mol. The largest absolute Gasteiger partial charge is 0.344 e. The van der Waals surface area contributed by atoms with Crippen LogP contribution >= 0.6 is 0 Å². The quantitative estimate of drug-likeness (QED) is 0.779. The van der Waals surface area contributed by atoms with Gasteiger partial charge >= 0.3 is 0 Å². The molecule has 82 valence electrons. The average Bonchev–Trinajstić information content (AvgIpc) is 2.33. The van der Waals surface area contributed by atoms with Crippen LogP contribution < -0.4 is 5.32 Å². The molecule has 1 heterocycles. The Hall–Kier alpha value is -1.82. The molecule has 0 aliphatic carbocycles. The Labute approximate surface area is 95.8 Å². The maximum atomic E-state index is 8.85. The van der Waals surface area contributed by atoms with E-state index < -0.39 is 0 Å². The maximum Gasteiger partial charge on any atom is 0.101 e. The van der Waals surface area contributed by atoms with Crippen LogP contribution in [0.1, 0.15) is 30.4 Å². The lowest BCUT2D eigenvalue weighted by molar-refractivity contribution is 0.737. The number of hydrogen-bond acceptors (Lipinski definition) is 3. The third-order valence-electron chi connectivity index (χ3n) is 2.77. The predicted molar refractivity (Wildman–Crippen MR) is 65.7 cm³/mol. The topological polar surface area (TPSA) is 48.2 Å². The standard InChI is InChI=1S/C13H15N3/c1-10-5-6-11(9-14)8-12(10)16-13-4-2-3-7-15-13/h5-6,8H,2-4,7H2,1H3,(H,15,16). The van der Waals surface area contributed by atoms with Crippen molar-refractivity contribution in [2.24, 2.45) is 4.99 Å². The highest BCUT2D eigenvalue weighted by Crippen LogP contribution is 2.18. The zero-order chi connectivity index (χ0) is 11.4. The van der Waals surface area contributed by atoms with Crippen LogP contribution in [0.2, 0.25) is 0 Å². The van der Waals surface area contributed by atoms with Crippen molar-refractivity contribution in [3.63, 3.8) is 0 Å². The van der Waals surface area contributed by atoms with E-state index in [1.165, 1.54) is 12.8 Å². The van der Waals surface area contributed by atoms with Crippen molar-refractivity contribution in [1.82, 2.24) is 0 Å². The number of amidine groups is 1. The Kier molecular flexibility index (Phi) is 3.21. The highest BCUT2D eigenvalue weighted by atomic mass is 15.0. The van der Waals surface area contributed by atoms with Gasteiger partial charge in [-0.25, -0.2) is 0 Å². The fourth-order valence-corrected chi connectivity index (χ4v) is 1.78. The van der Waals surface area contributed by atoms with Gasteiger partial charge in [0.1, 0.15) is 5.84 Å². The molecule has 0 unspecified atom stereocenters. The summed E-state index contributed by atoms with van der Waals surface area (Å²) in [6.07, 6.45) is 3.39. The van der Waals surface area contributed by atoms with Crippen molar-refractivity contribution in [3.05, 3.63) is 29.3 Å². The summed E-state index contributed by atoms with van der Waals surface area (Å²) in [4.78, 5) is 4.44. The summed E-state index contributed by atoms with van der Waals surface area (Å²) >= 11 is 0. The maximum absolute atomic E-state index is 8.85. The van der Waals surface area contributed by atoms with Gasteiger partial charge in [-0.2, -0.15) is 5.26 Å². The molecule has 1 aromatic carbocycles. The summed E-state index contributed by atoms with van der Waals surface area (Å²) in [7, 11) is 0. The van der Waals surface area contributed by atoms with Crippen LogP contribution in [0.4, 0.5) is 5.69 Å². The Morgan fingerprint density at radius 2 is 2.25 bits per heavy atom. The fraction of sp³-hybridized carbons (Fsp3) is 0.385. The van der Waals surface area contributed by atoms with Crippen LogP contribution in [0.5, 0.6) is 0 Å². The highest BCUT2D eigenvalue weighted by molar-refractivity contribution is 5.96. The van der Waals surface area contributed by atoms with E-state index >= 15 is 0 Å². The summed E-state index contributed by atoms with van der Waals surface area (Å²) in [5.41, 5.74) is 2.83. The third-order valence-corrected chi connectivity index (χ3v) is 2.77. The van der Waals surface area contributed by atoms with Crippen LogP contribution in [0.3, 0.4) is 0 Å². The molecule has 0 fully saturated rings. The number of aryl methyl sites for hydroxylation is 1. The lowest BCUT2D eigenvalue weighted by Gasteiger charge is -2.15. The smallest absolute Gasteiger partial charge is 0.101 e. The molecule has 0 amide bonds. The molecule has 0 radical (unpaired) electrons. The Morgan fingerprint density at radius 1 is 1.38 bits per heavy atom. The molecule has 1 aliphatic rings. The Balaban J connectivity index is 2.20. The SMILES string of the molecule is Cc1ccc(C#N)cc1NC1=NCCCC1. The molecular weight excluding hydrogens is 198 g/mol. The van der Waals surface area contributed by atoms with Gasteiger partial charge in [0.25, 0.3) is 0 Å². The van der Waals surface area contributed by atoms with Gasteiger partial charge in [0.05, 0.1) is 11.6 Å². The van der Waals surface area contributed by atoms with Crippen LogP contribution in [0, 0.1) is 18.3 Å². The summed E-state index contributed by atoms with van der Waals surface area (Å²) < 4.78 is 0. The first-order valence-corrected chi connectivity index (χ1v) is 5.61. The molecule has 1 aliphatic heterocycles. The first-order chi connectivity index (χ1) is 7.79. The second kappa shape index (κ2) is 4.80. The van der Waals surface area contributed by atoms with E-state index in [1.54, 1.807) is 0 Å². The van der Waals surface area contributed by atoms with Crippen molar-refractivity contribution < 1.29 is 0 Å². The zero-order valence-corrected chi connectivity index (χ0v) is 9.45. The fourth-order valence-electron chi connectivity index (χ4n) is 1.78. The molecule has 2 rings (SSSR count). The summed E-state index contributed by atoms with van der Waals surface area (Å²) in [6, 6.07) is 7.83.